The number of benzene rings is 1. The van der Waals surface area contributed by atoms with Crippen LogP contribution in [0.1, 0.15) is 29.6 Å². The summed E-state index contributed by atoms with van der Waals surface area (Å²) in [5.74, 6) is -0.372. The number of anilines is 1. The first-order valence-electron chi connectivity index (χ1n) is 6.93. The molecule has 20 heavy (non-hydrogen) atoms. The monoisotopic (exact) mass is 270 g/mol. The van der Waals surface area contributed by atoms with Crippen LogP contribution in [0.25, 0.3) is 5.69 Å². The molecule has 0 spiro atoms. The van der Waals surface area contributed by atoms with Gasteiger partial charge in [-0.1, -0.05) is 0 Å². The smallest absolute Gasteiger partial charge is 0.250 e. The lowest BCUT2D eigenvalue weighted by molar-refractivity contribution is 0.100. The molecule has 0 aliphatic carbocycles. The van der Waals surface area contributed by atoms with Crippen molar-refractivity contribution in [2.24, 2.45) is 5.73 Å². The molecule has 1 aromatic carbocycles. The Bertz CT molecular complexity index is 600. The molecule has 0 atom stereocenters. The lowest BCUT2D eigenvalue weighted by Gasteiger charge is -2.30. The third-order valence-electron chi connectivity index (χ3n) is 3.75. The van der Waals surface area contributed by atoms with Crippen LogP contribution < -0.4 is 10.6 Å². The molecular formula is C15H18N4O. The molecule has 1 aliphatic rings. The topological polar surface area (TPSA) is 64.2 Å². The Morgan fingerprint density at radius 3 is 2.65 bits per heavy atom. The summed E-state index contributed by atoms with van der Waals surface area (Å²) < 4.78 is 1.93. The van der Waals surface area contributed by atoms with Crippen LogP contribution in [0.3, 0.4) is 0 Å². The van der Waals surface area contributed by atoms with E-state index < -0.39 is 0 Å². The number of hydrogen-bond donors (Lipinski definition) is 1. The molecule has 104 valence electrons. The van der Waals surface area contributed by atoms with E-state index in [2.05, 4.69) is 9.88 Å². The number of rotatable bonds is 3. The summed E-state index contributed by atoms with van der Waals surface area (Å²) in [6, 6.07) is 5.73. The van der Waals surface area contributed by atoms with E-state index in [4.69, 9.17) is 5.73 Å². The minimum absolute atomic E-state index is 0.372. The maximum Gasteiger partial charge on any atom is 0.250 e. The summed E-state index contributed by atoms with van der Waals surface area (Å²) in [6.07, 6.45) is 8.95. The van der Waals surface area contributed by atoms with E-state index in [9.17, 15) is 4.79 Å². The van der Waals surface area contributed by atoms with E-state index in [0.717, 1.165) is 37.3 Å². The highest BCUT2D eigenvalue weighted by molar-refractivity contribution is 5.99. The number of primary amides is 1. The second kappa shape index (κ2) is 5.36. The fourth-order valence-electron chi connectivity index (χ4n) is 2.70. The summed E-state index contributed by atoms with van der Waals surface area (Å²) in [6.45, 7) is 1.96. The average molecular weight is 270 g/mol. The van der Waals surface area contributed by atoms with Gasteiger partial charge in [-0.25, -0.2) is 4.98 Å². The molecule has 0 radical (unpaired) electrons. The Balaban J connectivity index is 2.03. The van der Waals surface area contributed by atoms with Gasteiger partial charge in [0.25, 0.3) is 5.91 Å². The van der Waals surface area contributed by atoms with Gasteiger partial charge in [0.1, 0.15) is 0 Å². The van der Waals surface area contributed by atoms with Crippen LogP contribution in [0.5, 0.6) is 0 Å². The van der Waals surface area contributed by atoms with Crippen LogP contribution in [0.2, 0.25) is 0 Å². The Hall–Kier alpha value is -2.30. The zero-order chi connectivity index (χ0) is 13.9. The summed E-state index contributed by atoms with van der Waals surface area (Å²) >= 11 is 0. The van der Waals surface area contributed by atoms with Crippen molar-refractivity contribution in [2.45, 2.75) is 19.3 Å². The van der Waals surface area contributed by atoms with Crippen LogP contribution in [0, 0.1) is 0 Å². The Morgan fingerprint density at radius 2 is 2.00 bits per heavy atom. The highest BCUT2D eigenvalue weighted by Crippen LogP contribution is 2.26. The maximum absolute atomic E-state index is 11.6. The molecule has 1 aliphatic heterocycles. The fraction of sp³-hybridized carbons (Fsp3) is 0.333. The molecule has 0 bridgehead atoms. The quantitative estimate of drug-likeness (QED) is 0.927. The predicted molar refractivity (Wildman–Crippen MR) is 78.1 cm³/mol. The fourth-order valence-corrected chi connectivity index (χ4v) is 2.70. The number of aromatic nitrogens is 2. The van der Waals surface area contributed by atoms with Crippen molar-refractivity contribution >= 4 is 11.6 Å². The van der Waals surface area contributed by atoms with Gasteiger partial charge in [0.05, 0.1) is 17.6 Å². The molecule has 5 heteroatoms. The SMILES string of the molecule is NC(=O)c1ccc(-n2ccnc2)cc1N1CCCCC1. The van der Waals surface area contributed by atoms with E-state index >= 15 is 0 Å². The number of carbonyl (C=O) groups excluding carboxylic acids is 1. The molecule has 2 aromatic rings. The standard InChI is InChI=1S/C15H18N4O/c16-15(20)13-5-4-12(19-9-6-17-11-19)10-14(13)18-7-2-1-3-8-18/h4-6,9-11H,1-3,7-8H2,(H2,16,20). The van der Waals surface area contributed by atoms with Crippen molar-refractivity contribution < 1.29 is 4.79 Å². The Kier molecular flexibility index (Phi) is 3.41. The normalized spacial score (nSPS) is 15.3. The molecule has 0 saturated carbocycles. The zero-order valence-electron chi connectivity index (χ0n) is 11.3. The first kappa shape index (κ1) is 12.7. The maximum atomic E-state index is 11.6. The molecule has 2 heterocycles. The molecule has 0 unspecified atom stereocenters. The van der Waals surface area contributed by atoms with Crippen molar-refractivity contribution in [3.63, 3.8) is 0 Å². The molecular weight excluding hydrogens is 252 g/mol. The van der Waals surface area contributed by atoms with E-state index in [1.54, 1.807) is 12.5 Å². The first-order valence-corrected chi connectivity index (χ1v) is 6.93. The minimum atomic E-state index is -0.372. The van der Waals surface area contributed by atoms with E-state index in [0.29, 0.717) is 5.56 Å². The largest absolute Gasteiger partial charge is 0.371 e. The van der Waals surface area contributed by atoms with Gasteiger partial charge in [0, 0.05) is 31.2 Å². The van der Waals surface area contributed by atoms with Gasteiger partial charge in [-0.15, -0.1) is 0 Å². The van der Waals surface area contributed by atoms with Crippen LogP contribution in [0.15, 0.2) is 36.9 Å². The molecule has 1 amide bonds. The summed E-state index contributed by atoms with van der Waals surface area (Å²) in [7, 11) is 0. The molecule has 5 nitrogen and oxygen atoms in total. The second-order valence-corrected chi connectivity index (χ2v) is 5.08. The molecule has 3 rings (SSSR count). The Morgan fingerprint density at radius 1 is 1.20 bits per heavy atom. The lowest BCUT2D eigenvalue weighted by Crippen LogP contribution is -2.31. The summed E-state index contributed by atoms with van der Waals surface area (Å²) in [5.41, 5.74) is 8.03. The summed E-state index contributed by atoms with van der Waals surface area (Å²) in [5, 5.41) is 0. The Labute approximate surface area is 118 Å². The number of carbonyl (C=O) groups is 1. The van der Waals surface area contributed by atoms with Crippen LogP contribution in [-0.4, -0.2) is 28.5 Å². The van der Waals surface area contributed by atoms with E-state index in [1.807, 2.05) is 29.0 Å². The number of nitrogens with zero attached hydrogens (tertiary/aromatic N) is 3. The van der Waals surface area contributed by atoms with Crippen molar-refractivity contribution in [3.8, 4) is 5.69 Å². The van der Waals surface area contributed by atoms with Gasteiger partial charge in [0.15, 0.2) is 0 Å². The highest BCUT2D eigenvalue weighted by atomic mass is 16.1. The highest BCUT2D eigenvalue weighted by Gasteiger charge is 2.18. The van der Waals surface area contributed by atoms with E-state index in [-0.39, 0.29) is 5.91 Å². The molecule has 2 N–H and O–H groups in total. The molecule has 1 saturated heterocycles. The van der Waals surface area contributed by atoms with Crippen LogP contribution in [0.4, 0.5) is 5.69 Å². The van der Waals surface area contributed by atoms with Gasteiger partial charge in [-0.05, 0) is 37.5 Å². The number of amides is 1. The first-order chi connectivity index (χ1) is 9.75. The number of piperidine rings is 1. The number of hydrogen-bond acceptors (Lipinski definition) is 3. The second-order valence-electron chi connectivity index (χ2n) is 5.08. The molecule has 1 aromatic heterocycles. The van der Waals surface area contributed by atoms with Gasteiger partial charge >= 0.3 is 0 Å². The zero-order valence-corrected chi connectivity index (χ0v) is 11.3. The molecule has 1 fully saturated rings. The predicted octanol–water partition coefficient (Wildman–Crippen LogP) is 1.96. The third kappa shape index (κ3) is 2.39. The van der Waals surface area contributed by atoms with Crippen molar-refractivity contribution in [2.75, 3.05) is 18.0 Å². The van der Waals surface area contributed by atoms with Crippen LogP contribution >= 0.6 is 0 Å². The van der Waals surface area contributed by atoms with Gasteiger partial charge < -0.3 is 15.2 Å². The average Bonchev–Trinajstić information content (AvgIpc) is 3.02. The number of imidazole rings is 1. The van der Waals surface area contributed by atoms with Crippen LogP contribution in [-0.2, 0) is 0 Å². The minimum Gasteiger partial charge on any atom is -0.371 e. The number of nitrogens with two attached hydrogens (primary N) is 1. The lowest BCUT2D eigenvalue weighted by atomic mass is 10.1. The summed E-state index contributed by atoms with van der Waals surface area (Å²) in [4.78, 5) is 17.9. The van der Waals surface area contributed by atoms with Crippen molar-refractivity contribution in [1.82, 2.24) is 9.55 Å². The van der Waals surface area contributed by atoms with Crippen molar-refractivity contribution in [1.29, 1.82) is 0 Å². The van der Waals surface area contributed by atoms with Gasteiger partial charge in [-0.3, -0.25) is 4.79 Å². The van der Waals surface area contributed by atoms with E-state index in [1.165, 1.54) is 6.42 Å². The van der Waals surface area contributed by atoms with Gasteiger partial charge in [-0.2, -0.15) is 0 Å². The van der Waals surface area contributed by atoms with Crippen molar-refractivity contribution in [3.05, 3.63) is 42.5 Å². The third-order valence-corrected chi connectivity index (χ3v) is 3.75. The van der Waals surface area contributed by atoms with Gasteiger partial charge in [0.2, 0.25) is 0 Å².